The van der Waals surface area contributed by atoms with Crippen LogP contribution in [-0.2, 0) is 0 Å². The average molecular weight is 186 g/mol. The predicted octanol–water partition coefficient (Wildman–Crippen LogP) is 0.226. The second-order valence-electron chi connectivity index (χ2n) is 2.27. The maximum Gasteiger partial charge on any atom is 0.165 e. The van der Waals surface area contributed by atoms with Crippen LogP contribution in [0.4, 0.5) is 0 Å². The molecule has 0 amide bonds. The third kappa shape index (κ3) is 1.72. The van der Waals surface area contributed by atoms with Crippen LogP contribution in [0.15, 0.2) is 9.98 Å². The van der Waals surface area contributed by atoms with Gasteiger partial charge < -0.3 is 10.6 Å². The second-order valence-corrected chi connectivity index (χ2v) is 2.83. The first-order chi connectivity index (χ1) is 5.88. The largest absolute Gasteiger partial charge is 0.367 e. The maximum absolute atomic E-state index is 4.29. The zero-order valence-corrected chi connectivity index (χ0v) is 8.12. The van der Waals surface area contributed by atoms with Crippen molar-refractivity contribution in [3.05, 3.63) is 0 Å². The van der Waals surface area contributed by atoms with Crippen molar-refractivity contribution in [1.82, 2.24) is 10.6 Å². The van der Waals surface area contributed by atoms with Gasteiger partial charge >= 0.3 is 0 Å². The number of hydrogen-bond acceptors (Lipinski definition) is 5. The van der Waals surface area contributed by atoms with Gasteiger partial charge in [0.05, 0.1) is 24.1 Å². The molecule has 0 aromatic heterocycles. The molecule has 3 unspecified atom stereocenters. The molecule has 12 heavy (non-hydrogen) atoms. The molecule has 0 aliphatic carbocycles. The molecule has 0 spiro atoms. The molecule has 2 aliphatic heterocycles. The van der Waals surface area contributed by atoms with Gasteiger partial charge in [-0.15, -0.1) is 0 Å². The lowest BCUT2D eigenvalue weighted by Gasteiger charge is -2.25. The van der Waals surface area contributed by atoms with Gasteiger partial charge in [-0.3, -0.25) is 0 Å². The average Bonchev–Trinajstić information content (AvgIpc) is 2.57. The van der Waals surface area contributed by atoms with Crippen LogP contribution in [0.2, 0.25) is 0 Å². The summed E-state index contributed by atoms with van der Waals surface area (Å²) < 4.78 is 0. The van der Waals surface area contributed by atoms with E-state index in [9.17, 15) is 0 Å². The normalized spacial score (nSPS) is 35.8. The van der Waals surface area contributed by atoms with Gasteiger partial charge in [0, 0.05) is 0 Å². The van der Waals surface area contributed by atoms with Gasteiger partial charge in [-0.2, -0.15) is 12.6 Å². The maximum atomic E-state index is 4.29. The van der Waals surface area contributed by atoms with E-state index in [-0.39, 0.29) is 17.6 Å². The summed E-state index contributed by atoms with van der Waals surface area (Å²) in [6, 6.07) is 0.216. The quantitative estimate of drug-likeness (QED) is 0.474. The van der Waals surface area contributed by atoms with Crippen LogP contribution in [0.3, 0.4) is 0 Å². The fourth-order valence-corrected chi connectivity index (χ4v) is 1.38. The van der Waals surface area contributed by atoms with Gasteiger partial charge in [-0.05, 0) is 0 Å². The Hall–Kier alpha value is -0.710. The Balaban J connectivity index is 0.000000336. The SMILES string of the molecule is CC.SC1NC=NC2N=CNC21. The Morgan fingerprint density at radius 2 is 1.75 bits per heavy atom. The number of rotatable bonds is 0. The smallest absolute Gasteiger partial charge is 0.165 e. The lowest BCUT2D eigenvalue weighted by molar-refractivity contribution is 0.488. The third-order valence-corrected chi connectivity index (χ3v) is 2.10. The number of hydrogen-bond donors (Lipinski definition) is 3. The highest BCUT2D eigenvalue weighted by molar-refractivity contribution is 7.81. The minimum Gasteiger partial charge on any atom is -0.367 e. The first kappa shape index (κ1) is 9.38. The predicted molar refractivity (Wildman–Crippen MR) is 55.0 cm³/mol. The van der Waals surface area contributed by atoms with Gasteiger partial charge in [-0.25, -0.2) is 9.98 Å². The fraction of sp³-hybridized carbons (Fsp3) is 0.714. The first-order valence-corrected chi connectivity index (χ1v) is 4.63. The van der Waals surface area contributed by atoms with Crippen LogP contribution >= 0.6 is 12.6 Å². The molecule has 2 N–H and O–H groups in total. The molecule has 5 heteroatoms. The molecule has 2 rings (SSSR count). The minimum absolute atomic E-state index is 0.0312. The van der Waals surface area contributed by atoms with E-state index in [1.165, 1.54) is 0 Å². The number of nitrogens with one attached hydrogen (secondary N) is 2. The van der Waals surface area contributed by atoms with Gasteiger partial charge in [0.25, 0.3) is 0 Å². The van der Waals surface area contributed by atoms with Crippen LogP contribution in [0.1, 0.15) is 13.8 Å². The van der Waals surface area contributed by atoms with Gasteiger partial charge in [0.1, 0.15) is 0 Å². The van der Waals surface area contributed by atoms with Crippen molar-refractivity contribution >= 4 is 25.3 Å². The lowest BCUT2D eigenvalue weighted by Crippen LogP contribution is -2.49. The minimum atomic E-state index is 0.0312. The van der Waals surface area contributed by atoms with E-state index < -0.39 is 0 Å². The monoisotopic (exact) mass is 186 g/mol. The standard InChI is InChI=1S/C5H8N4S.C2H6/c10-5-3-4(7-1-6-3)8-2-9-5;1-2/h1-5,10H,(H,6,7)(H,8,9);1-2H3. The highest BCUT2D eigenvalue weighted by Gasteiger charge is 2.30. The zero-order valence-electron chi connectivity index (χ0n) is 7.23. The first-order valence-electron chi connectivity index (χ1n) is 4.11. The van der Waals surface area contributed by atoms with Crippen LogP contribution in [-0.4, -0.2) is 30.3 Å². The van der Waals surface area contributed by atoms with E-state index in [4.69, 9.17) is 0 Å². The molecule has 0 fully saturated rings. The van der Waals surface area contributed by atoms with E-state index in [1.54, 1.807) is 12.7 Å². The molecule has 0 saturated heterocycles. The summed E-state index contributed by atoms with van der Waals surface area (Å²) in [6.45, 7) is 4.00. The number of nitrogens with zero attached hydrogens (tertiary/aromatic N) is 2. The van der Waals surface area contributed by atoms with Crippen molar-refractivity contribution in [2.75, 3.05) is 0 Å². The van der Waals surface area contributed by atoms with E-state index in [1.807, 2.05) is 13.8 Å². The van der Waals surface area contributed by atoms with Crippen LogP contribution in [0.25, 0.3) is 0 Å². The van der Waals surface area contributed by atoms with E-state index in [0.717, 1.165) is 0 Å². The summed E-state index contributed by atoms with van der Waals surface area (Å²) in [7, 11) is 0. The molecule has 0 aromatic carbocycles. The van der Waals surface area contributed by atoms with Crippen LogP contribution in [0, 0.1) is 0 Å². The molecule has 2 aliphatic rings. The molecule has 0 aromatic rings. The Kier molecular flexibility index (Phi) is 3.40. The Labute approximate surface area is 78.0 Å². The second kappa shape index (κ2) is 4.35. The molecular formula is C7H14N4S. The summed E-state index contributed by atoms with van der Waals surface area (Å²) in [5, 5.41) is 6.16. The number of fused-ring (bicyclic) bond motifs is 1. The van der Waals surface area contributed by atoms with Crippen molar-refractivity contribution in [2.24, 2.45) is 9.98 Å². The summed E-state index contributed by atoms with van der Waals surface area (Å²) in [5.41, 5.74) is 0. The van der Waals surface area contributed by atoms with Gasteiger partial charge in [0.2, 0.25) is 0 Å². The van der Waals surface area contributed by atoms with Gasteiger partial charge in [0.15, 0.2) is 6.17 Å². The lowest BCUT2D eigenvalue weighted by atomic mass is 10.2. The number of thiol groups is 1. The Bertz CT molecular complexity index is 192. The molecular weight excluding hydrogens is 172 g/mol. The Morgan fingerprint density at radius 3 is 2.33 bits per heavy atom. The summed E-state index contributed by atoms with van der Waals surface area (Å²) in [6.07, 6.45) is 3.37. The number of aliphatic imine (C=N–C) groups is 2. The topological polar surface area (TPSA) is 48.8 Å². The van der Waals surface area contributed by atoms with Crippen molar-refractivity contribution in [3.8, 4) is 0 Å². The molecule has 0 saturated carbocycles. The third-order valence-electron chi connectivity index (χ3n) is 1.63. The van der Waals surface area contributed by atoms with Crippen molar-refractivity contribution in [3.63, 3.8) is 0 Å². The highest BCUT2D eigenvalue weighted by atomic mass is 32.1. The van der Waals surface area contributed by atoms with Crippen LogP contribution < -0.4 is 10.6 Å². The Morgan fingerprint density at radius 1 is 1.17 bits per heavy atom. The van der Waals surface area contributed by atoms with E-state index in [0.29, 0.717) is 0 Å². The molecule has 3 atom stereocenters. The molecule has 0 bridgehead atoms. The zero-order chi connectivity index (χ0) is 8.97. The van der Waals surface area contributed by atoms with Crippen molar-refractivity contribution < 1.29 is 0 Å². The molecule has 0 radical (unpaired) electrons. The van der Waals surface area contributed by atoms with Gasteiger partial charge in [-0.1, -0.05) is 13.8 Å². The van der Waals surface area contributed by atoms with Crippen molar-refractivity contribution in [2.45, 2.75) is 31.4 Å². The molecule has 68 valence electrons. The van der Waals surface area contributed by atoms with E-state index >= 15 is 0 Å². The fourth-order valence-electron chi connectivity index (χ4n) is 1.07. The van der Waals surface area contributed by atoms with Crippen LogP contribution in [0.5, 0.6) is 0 Å². The summed E-state index contributed by atoms with van der Waals surface area (Å²) in [5.74, 6) is 0. The summed E-state index contributed by atoms with van der Waals surface area (Å²) in [4.78, 5) is 8.18. The molecule has 2 heterocycles. The highest BCUT2D eigenvalue weighted by Crippen LogP contribution is 2.13. The molecule has 4 nitrogen and oxygen atoms in total. The van der Waals surface area contributed by atoms with E-state index in [2.05, 4.69) is 33.2 Å². The van der Waals surface area contributed by atoms with Crippen molar-refractivity contribution in [1.29, 1.82) is 0 Å². The summed E-state index contributed by atoms with van der Waals surface area (Å²) >= 11 is 4.29.